The van der Waals surface area contributed by atoms with Gasteiger partial charge in [-0.25, -0.2) is 0 Å². The van der Waals surface area contributed by atoms with Gasteiger partial charge in [0.25, 0.3) is 0 Å². The summed E-state index contributed by atoms with van der Waals surface area (Å²) in [5.41, 5.74) is 3.81. The van der Waals surface area contributed by atoms with E-state index in [0.717, 1.165) is 0 Å². The molecule has 0 N–H and O–H groups in total. The lowest BCUT2D eigenvalue weighted by Gasteiger charge is -1.97. The van der Waals surface area contributed by atoms with E-state index < -0.39 is 0 Å². The lowest BCUT2D eigenvalue weighted by Crippen LogP contribution is -1.78. The first-order valence-corrected chi connectivity index (χ1v) is 3.43. The van der Waals surface area contributed by atoms with Gasteiger partial charge in [-0.3, -0.25) is 0 Å². The van der Waals surface area contributed by atoms with Crippen molar-refractivity contribution in [3.8, 4) is 0 Å². The quantitative estimate of drug-likeness (QED) is 0.601. The molecule has 0 aliphatic carbocycles. The Morgan fingerprint density at radius 1 is 1.09 bits per heavy atom. The number of hydrogen-bond acceptors (Lipinski definition) is 0. The second kappa shape index (κ2) is 4.24. The van der Waals surface area contributed by atoms with Crippen LogP contribution in [0, 0.1) is 13.8 Å². The van der Waals surface area contributed by atoms with E-state index in [-0.39, 0.29) is 13.5 Å². The monoisotopic (exact) mass is 166 g/mol. The third-order valence-electron chi connectivity index (χ3n) is 1.48. The van der Waals surface area contributed by atoms with Crippen LogP contribution in [0.1, 0.15) is 16.7 Å². The van der Waals surface area contributed by atoms with E-state index in [1.165, 1.54) is 16.7 Å². The zero-order valence-corrected chi connectivity index (χ0v) is 8.02. The van der Waals surface area contributed by atoms with Gasteiger partial charge in [-0.2, -0.15) is 13.5 Å². The Kier molecular flexibility index (Phi) is 3.98. The van der Waals surface area contributed by atoms with Crippen LogP contribution in [0.2, 0.25) is 0 Å². The molecule has 0 bridgehead atoms. The van der Waals surface area contributed by atoms with Crippen molar-refractivity contribution in [2.45, 2.75) is 13.8 Å². The van der Waals surface area contributed by atoms with Gasteiger partial charge in [0.15, 0.2) is 0 Å². The molecule has 0 saturated heterocycles. The fourth-order valence-electron chi connectivity index (χ4n) is 1.13. The summed E-state index contributed by atoms with van der Waals surface area (Å²) >= 11 is 0. The average Bonchev–Trinajstić information content (AvgIpc) is 1.85. The van der Waals surface area contributed by atoms with Crippen molar-refractivity contribution in [3.63, 3.8) is 0 Å². The molecule has 0 saturated carbocycles. The highest BCUT2D eigenvalue weighted by molar-refractivity contribution is 7.59. The summed E-state index contributed by atoms with van der Waals surface area (Å²) in [6.45, 7) is 7.91. The summed E-state index contributed by atoms with van der Waals surface area (Å²) in [7, 11) is 0. The summed E-state index contributed by atoms with van der Waals surface area (Å²) in [6, 6.07) is 6.41. The predicted molar refractivity (Wildman–Crippen MR) is 56.4 cm³/mol. The van der Waals surface area contributed by atoms with Crippen LogP contribution >= 0.6 is 13.5 Å². The molecule has 0 spiro atoms. The lowest BCUT2D eigenvalue weighted by atomic mass is 10.1. The molecule has 1 aromatic carbocycles. The molecule has 1 heteroatoms. The molecule has 0 aromatic heterocycles. The smallest absolute Gasteiger partial charge is 0.0257 e. The molecule has 0 unspecified atom stereocenters. The van der Waals surface area contributed by atoms with E-state index in [1.807, 2.05) is 6.08 Å². The van der Waals surface area contributed by atoms with Gasteiger partial charge in [-0.1, -0.05) is 42.0 Å². The normalized spacial score (nSPS) is 8.55. The van der Waals surface area contributed by atoms with Crippen LogP contribution in [-0.2, 0) is 0 Å². The minimum atomic E-state index is 0. The molecule has 0 nitrogen and oxygen atoms in total. The Labute approximate surface area is 75.4 Å². The van der Waals surface area contributed by atoms with E-state index in [2.05, 4.69) is 38.6 Å². The first-order chi connectivity index (χ1) is 4.72. The lowest BCUT2D eigenvalue weighted by molar-refractivity contribution is 1.37. The van der Waals surface area contributed by atoms with E-state index >= 15 is 0 Å². The zero-order valence-electron chi connectivity index (χ0n) is 7.02. The average molecular weight is 166 g/mol. The highest BCUT2D eigenvalue weighted by Crippen LogP contribution is 2.08. The van der Waals surface area contributed by atoms with Crippen molar-refractivity contribution in [1.82, 2.24) is 0 Å². The fraction of sp³-hybridized carbons (Fsp3) is 0.200. The van der Waals surface area contributed by atoms with E-state index in [1.54, 1.807) is 0 Å². The summed E-state index contributed by atoms with van der Waals surface area (Å²) in [6.07, 6.45) is 1.88. The molecule has 0 heterocycles. The zero-order chi connectivity index (χ0) is 7.56. The Balaban J connectivity index is 0.000001000. The van der Waals surface area contributed by atoms with E-state index in [4.69, 9.17) is 0 Å². The Morgan fingerprint density at radius 3 is 1.91 bits per heavy atom. The van der Waals surface area contributed by atoms with E-state index in [9.17, 15) is 0 Å². The van der Waals surface area contributed by atoms with Gasteiger partial charge >= 0.3 is 0 Å². The maximum atomic E-state index is 3.71. The molecule has 1 aromatic rings. The van der Waals surface area contributed by atoms with Crippen LogP contribution in [0.4, 0.5) is 0 Å². The molecule has 0 atom stereocenters. The molecule has 0 aliphatic heterocycles. The van der Waals surface area contributed by atoms with Gasteiger partial charge < -0.3 is 0 Å². The maximum absolute atomic E-state index is 3.71. The number of benzene rings is 1. The molecule has 60 valence electrons. The van der Waals surface area contributed by atoms with Crippen LogP contribution in [0.3, 0.4) is 0 Å². The topological polar surface area (TPSA) is 0 Å². The molecule has 0 radical (unpaired) electrons. The van der Waals surface area contributed by atoms with Gasteiger partial charge in [0, 0.05) is 0 Å². The van der Waals surface area contributed by atoms with Crippen molar-refractivity contribution in [2.75, 3.05) is 0 Å². The van der Waals surface area contributed by atoms with Crippen LogP contribution in [0.5, 0.6) is 0 Å². The Morgan fingerprint density at radius 2 is 1.55 bits per heavy atom. The van der Waals surface area contributed by atoms with Gasteiger partial charge in [0.1, 0.15) is 0 Å². The molecule has 0 amide bonds. The number of rotatable bonds is 1. The highest BCUT2D eigenvalue weighted by Gasteiger charge is 1.89. The molecule has 0 aliphatic rings. The maximum Gasteiger partial charge on any atom is -0.0257 e. The summed E-state index contributed by atoms with van der Waals surface area (Å²) < 4.78 is 0. The van der Waals surface area contributed by atoms with Crippen molar-refractivity contribution < 1.29 is 0 Å². The molecular formula is C10H14S. The van der Waals surface area contributed by atoms with Gasteiger partial charge in [-0.15, -0.1) is 0 Å². The molecule has 11 heavy (non-hydrogen) atoms. The Hall–Kier alpha value is -0.690. The van der Waals surface area contributed by atoms with Crippen LogP contribution in [0.25, 0.3) is 6.08 Å². The first-order valence-electron chi connectivity index (χ1n) is 3.43. The van der Waals surface area contributed by atoms with E-state index in [0.29, 0.717) is 0 Å². The van der Waals surface area contributed by atoms with Crippen LogP contribution in [0.15, 0.2) is 24.8 Å². The minimum Gasteiger partial charge on any atom is -0.197 e. The number of aryl methyl sites for hydroxylation is 2. The fourth-order valence-corrected chi connectivity index (χ4v) is 1.13. The summed E-state index contributed by atoms with van der Waals surface area (Å²) in [5, 5.41) is 0. The third-order valence-corrected chi connectivity index (χ3v) is 1.48. The highest BCUT2D eigenvalue weighted by atomic mass is 32.1. The SMILES string of the molecule is C=Cc1cc(C)cc(C)c1.S. The van der Waals surface area contributed by atoms with Gasteiger partial charge in [0.05, 0.1) is 0 Å². The predicted octanol–water partition coefficient (Wildman–Crippen LogP) is 3.06. The second-order valence-electron chi connectivity index (χ2n) is 2.63. The van der Waals surface area contributed by atoms with Crippen molar-refractivity contribution >= 4 is 19.6 Å². The standard InChI is InChI=1S/C10H12.H2S/c1-4-10-6-8(2)5-9(3)7-10;/h4-7H,1H2,2-3H3;1H2. The van der Waals surface area contributed by atoms with Gasteiger partial charge in [0.2, 0.25) is 0 Å². The first kappa shape index (κ1) is 10.3. The number of hydrogen-bond donors (Lipinski definition) is 0. The van der Waals surface area contributed by atoms with Crippen molar-refractivity contribution in [3.05, 3.63) is 41.5 Å². The molecule has 1 rings (SSSR count). The second-order valence-corrected chi connectivity index (χ2v) is 2.63. The largest absolute Gasteiger partial charge is 0.197 e. The summed E-state index contributed by atoms with van der Waals surface area (Å²) in [4.78, 5) is 0. The van der Waals surface area contributed by atoms with Crippen molar-refractivity contribution in [2.24, 2.45) is 0 Å². The molecular weight excluding hydrogens is 152 g/mol. The van der Waals surface area contributed by atoms with Crippen molar-refractivity contribution in [1.29, 1.82) is 0 Å². The van der Waals surface area contributed by atoms with Crippen LogP contribution in [-0.4, -0.2) is 0 Å². The Bertz CT molecular complexity index is 231. The molecule has 0 fully saturated rings. The summed E-state index contributed by atoms with van der Waals surface area (Å²) in [5.74, 6) is 0. The van der Waals surface area contributed by atoms with Crippen LogP contribution < -0.4 is 0 Å². The van der Waals surface area contributed by atoms with Gasteiger partial charge in [-0.05, 0) is 19.4 Å². The minimum absolute atomic E-state index is 0. The third kappa shape index (κ3) is 2.81.